The molecule has 0 aliphatic heterocycles. The second-order valence-electron chi connectivity index (χ2n) is 4.61. The molecule has 6 heteroatoms. The van der Waals surface area contributed by atoms with E-state index >= 15 is 0 Å². The molecule has 1 amide bonds. The van der Waals surface area contributed by atoms with Gasteiger partial charge in [0.15, 0.2) is 0 Å². The van der Waals surface area contributed by atoms with Crippen molar-refractivity contribution in [2.24, 2.45) is 0 Å². The molecular formula is C15H19FN4O. The van der Waals surface area contributed by atoms with Crippen LogP contribution >= 0.6 is 0 Å². The number of amides is 1. The fraction of sp³-hybridized carbons (Fsp3) is 0.333. The zero-order valence-corrected chi connectivity index (χ0v) is 12.2. The maximum atomic E-state index is 13.0. The molecule has 0 aliphatic carbocycles. The minimum absolute atomic E-state index is 0.143. The SMILES string of the molecule is CCc1c(C(=O)NCCNC)cnn1-c1ccc(F)cc1. The summed E-state index contributed by atoms with van der Waals surface area (Å²) < 4.78 is 14.7. The molecule has 0 saturated heterocycles. The van der Waals surface area contributed by atoms with Crippen molar-refractivity contribution in [2.45, 2.75) is 13.3 Å². The van der Waals surface area contributed by atoms with E-state index in [9.17, 15) is 9.18 Å². The molecule has 0 fully saturated rings. The van der Waals surface area contributed by atoms with Gasteiger partial charge in [-0.05, 0) is 37.7 Å². The smallest absolute Gasteiger partial charge is 0.254 e. The molecule has 0 spiro atoms. The first kappa shape index (κ1) is 15.2. The van der Waals surface area contributed by atoms with Gasteiger partial charge in [0, 0.05) is 13.1 Å². The lowest BCUT2D eigenvalue weighted by Crippen LogP contribution is -2.30. The van der Waals surface area contributed by atoms with Crippen molar-refractivity contribution in [1.82, 2.24) is 20.4 Å². The van der Waals surface area contributed by atoms with E-state index in [2.05, 4.69) is 15.7 Å². The summed E-state index contributed by atoms with van der Waals surface area (Å²) in [6, 6.07) is 6.04. The van der Waals surface area contributed by atoms with Crippen LogP contribution in [0.4, 0.5) is 4.39 Å². The molecule has 1 heterocycles. The average molecular weight is 290 g/mol. The Labute approximate surface area is 123 Å². The largest absolute Gasteiger partial charge is 0.351 e. The monoisotopic (exact) mass is 290 g/mol. The lowest BCUT2D eigenvalue weighted by atomic mass is 10.2. The lowest BCUT2D eigenvalue weighted by Gasteiger charge is -2.08. The van der Waals surface area contributed by atoms with E-state index in [0.717, 1.165) is 11.4 Å². The zero-order chi connectivity index (χ0) is 15.2. The minimum Gasteiger partial charge on any atom is -0.351 e. The van der Waals surface area contributed by atoms with E-state index in [0.29, 0.717) is 25.1 Å². The first-order chi connectivity index (χ1) is 10.2. The highest BCUT2D eigenvalue weighted by Crippen LogP contribution is 2.16. The van der Waals surface area contributed by atoms with Gasteiger partial charge < -0.3 is 10.6 Å². The Kier molecular flexibility index (Phi) is 5.05. The van der Waals surface area contributed by atoms with Crippen LogP contribution in [-0.2, 0) is 6.42 Å². The second-order valence-corrected chi connectivity index (χ2v) is 4.61. The zero-order valence-electron chi connectivity index (χ0n) is 12.2. The van der Waals surface area contributed by atoms with E-state index in [1.165, 1.54) is 12.1 Å². The first-order valence-corrected chi connectivity index (χ1v) is 6.93. The quantitative estimate of drug-likeness (QED) is 0.793. The number of rotatable bonds is 6. The van der Waals surface area contributed by atoms with Crippen molar-refractivity contribution in [2.75, 3.05) is 20.1 Å². The van der Waals surface area contributed by atoms with Crippen LogP contribution in [0, 0.1) is 5.82 Å². The van der Waals surface area contributed by atoms with Gasteiger partial charge in [-0.3, -0.25) is 4.79 Å². The number of hydrogen-bond donors (Lipinski definition) is 2. The standard InChI is InChI=1S/C15H19FN4O/c1-3-14-13(15(21)18-9-8-17-2)10-19-20(14)12-6-4-11(16)5-7-12/h4-7,10,17H,3,8-9H2,1-2H3,(H,18,21). The van der Waals surface area contributed by atoms with Crippen LogP contribution in [0.25, 0.3) is 5.69 Å². The summed E-state index contributed by atoms with van der Waals surface area (Å²) in [5.41, 5.74) is 2.10. The molecule has 5 nitrogen and oxygen atoms in total. The van der Waals surface area contributed by atoms with Crippen molar-refractivity contribution < 1.29 is 9.18 Å². The molecule has 1 aromatic carbocycles. The van der Waals surface area contributed by atoms with Gasteiger partial charge in [-0.1, -0.05) is 6.92 Å². The summed E-state index contributed by atoms with van der Waals surface area (Å²) in [6.07, 6.45) is 2.21. The van der Waals surface area contributed by atoms with Gasteiger partial charge in [-0.2, -0.15) is 5.10 Å². The van der Waals surface area contributed by atoms with E-state index < -0.39 is 0 Å². The number of carbonyl (C=O) groups excluding carboxylic acids is 1. The van der Waals surface area contributed by atoms with Gasteiger partial charge in [-0.25, -0.2) is 9.07 Å². The highest BCUT2D eigenvalue weighted by molar-refractivity contribution is 5.95. The van der Waals surface area contributed by atoms with E-state index in [1.807, 2.05) is 14.0 Å². The summed E-state index contributed by atoms with van der Waals surface area (Å²) in [7, 11) is 1.83. The van der Waals surface area contributed by atoms with Crippen molar-refractivity contribution in [3.05, 3.63) is 47.5 Å². The molecule has 0 aliphatic rings. The number of likely N-dealkylation sites (N-methyl/N-ethyl adjacent to an activating group) is 1. The lowest BCUT2D eigenvalue weighted by molar-refractivity contribution is 0.0953. The molecule has 112 valence electrons. The Morgan fingerprint density at radius 1 is 1.29 bits per heavy atom. The maximum absolute atomic E-state index is 13.0. The molecule has 0 saturated carbocycles. The van der Waals surface area contributed by atoms with E-state index in [4.69, 9.17) is 0 Å². The molecule has 0 atom stereocenters. The number of benzene rings is 1. The maximum Gasteiger partial charge on any atom is 0.254 e. The summed E-state index contributed by atoms with van der Waals surface area (Å²) in [5, 5.41) is 10.1. The number of nitrogens with one attached hydrogen (secondary N) is 2. The molecule has 2 N–H and O–H groups in total. The molecule has 21 heavy (non-hydrogen) atoms. The molecule has 0 bridgehead atoms. The highest BCUT2D eigenvalue weighted by Gasteiger charge is 2.16. The highest BCUT2D eigenvalue weighted by atomic mass is 19.1. The molecular weight excluding hydrogens is 271 g/mol. The third-order valence-electron chi connectivity index (χ3n) is 3.18. The van der Waals surface area contributed by atoms with Crippen LogP contribution in [0.1, 0.15) is 23.0 Å². The summed E-state index contributed by atoms with van der Waals surface area (Å²) in [6.45, 7) is 3.22. The number of carbonyl (C=O) groups is 1. The molecule has 2 aromatic rings. The summed E-state index contributed by atoms with van der Waals surface area (Å²) >= 11 is 0. The minimum atomic E-state index is -0.297. The normalized spacial score (nSPS) is 10.6. The van der Waals surface area contributed by atoms with Gasteiger partial charge in [0.05, 0.1) is 23.1 Å². The predicted molar refractivity (Wildman–Crippen MR) is 79.2 cm³/mol. The number of hydrogen-bond acceptors (Lipinski definition) is 3. The van der Waals surface area contributed by atoms with Crippen LogP contribution in [-0.4, -0.2) is 35.8 Å². The Bertz CT molecular complexity index is 607. The van der Waals surface area contributed by atoms with Gasteiger partial charge >= 0.3 is 0 Å². The Balaban J connectivity index is 2.25. The van der Waals surface area contributed by atoms with Crippen LogP contribution in [0.2, 0.25) is 0 Å². The number of halogens is 1. The van der Waals surface area contributed by atoms with Crippen LogP contribution < -0.4 is 10.6 Å². The van der Waals surface area contributed by atoms with E-state index in [1.54, 1.807) is 23.0 Å². The van der Waals surface area contributed by atoms with Crippen LogP contribution in [0.5, 0.6) is 0 Å². The fourth-order valence-corrected chi connectivity index (χ4v) is 2.10. The predicted octanol–water partition coefficient (Wildman–Crippen LogP) is 1.52. The molecule has 0 unspecified atom stereocenters. The van der Waals surface area contributed by atoms with Gasteiger partial charge in [0.1, 0.15) is 5.82 Å². The number of aromatic nitrogens is 2. The third kappa shape index (κ3) is 3.46. The second kappa shape index (κ2) is 6.99. The topological polar surface area (TPSA) is 59.0 Å². The van der Waals surface area contributed by atoms with Crippen molar-refractivity contribution >= 4 is 5.91 Å². The summed E-state index contributed by atoms with van der Waals surface area (Å²) in [4.78, 5) is 12.1. The van der Waals surface area contributed by atoms with Gasteiger partial charge in [-0.15, -0.1) is 0 Å². The molecule has 1 aromatic heterocycles. The fourth-order valence-electron chi connectivity index (χ4n) is 2.10. The number of nitrogens with zero attached hydrogens (tertiary/aromatic N) is 2. The van der Waals surface area contributed by atoms with Gasteiger partial charge in [0.2, 0.25) is 0 Å². The van der Waals surface area contributed by atoms with Crippen molar-refractivity contribution in [3.8, 4) is 5.69 Å². The average Bonchev–Trinajstić information content (AvgIpc) is 2.92. The van der Waals surface area contributed by atoms with Gasteiger partial charge in [0.25, 0.3) is 5.91 Å². The summed E-state index contributed by atoms with van der Waals surface area (Å²) in [5.74, 6) is -0.440. The molecule has 0 radical (unpaired) electrons. The Morgan fingerprint density at radius 3 is 2.62 bits per heavy atom. The third-order valence-corrected chi connectivity index (χ3v) is 3.18. The first-order valence-electron chi connectivity index (χ1n) is 6.93. The van der Waals surface area contributed by atoms with Crippen LogP contribution in [0.15, 0.2) is 30.5 Å². The van der Waals surface area contributed by atoms with Crippen LogP contribution in [0.3, 0.4) is 0 Å². The Morgan fingerprint density at radius 2 is 2.00 bits per heavy atom. The Hall–Kier alpha value is -2.21. The van der Waals surface area contributed by atoms with E-state index in [-0.39, 0.29) is 11.7 Å². The van der Waals surface area contributed by atoms with Crippen molar-refractivity contribution in [1.29, 1.82) is 0 Å². The van der Waals surface area contributed by atoms with Crippen molar-refractivity contribution in [3.63, 3.8) is 0 Å². The molecule has 2 rings (SSSR count).